The van der Waals surface area contributed by atoms with Gasteiger partial charge in [-0.3, -0.25) is 14.5 Å². The Kier molecular flexibility index (Phi) is 8.21. The maximum Gasteiger partial charge on any atom is 0.234 e. The number of hydrogen-bond acceptors (Lipinski definition) is 4. The second-order valence-electron chi connectivity index (χ2n) is 6.08. The Hall–Kier alpha value is -1.60. The molecule has 1 aromatic rings. The minimum atomic E-state index is -0.292. The summed E-state index contributed by atoms with van der Waals surface area (Å²) in [6, 6.07) is 6.48. The molecule has 2 rings (SSSR count). The number of hydrogen-bond donors (Lipinski definition) is 1. The standard InChI is InChI=1S/C18H26FN3O2S/c1-2-3-8-20-17(23)13-21-9-11-22(12-10-21)18(24)14-25-16-7-5-4-6-15(16)19/h4-7H,2-3,8-14H2,1H3,(H,20,23). The van der Waals surface area contributed by atoms with E-state index in [1.807, 2.05) is 0 Å². The first-order chi connectivity index (χ1) is 12.1. The molecule has 25 heavy (non-hydrogen) atoms. The average Bonchev–Trinajstić information content (AvgIpc) is 2.61. The molecule has 0 radical (unpaired) electrons. The number of halogens is 1. The van der Waals surface area contributed by atoms with Gasteiger partial charge in [-0.25, -0.2) is 4.39 Å². The quantitative estimate of drug-likeness (QED) is 0.564. The Balaban J connectivity index is 1.68. The Morgan fingerprint density at radius 2 is 1.92 bits per heavy atom. The number of nitrogens with one attached hydrogen (secondary N) is 1. The molecule has 7 heteroatoms. The largest absolute Gasteiger partial charge is 0.355 e. The van der Waals surface area contributed by atoms with Gasteiger partial charge in [-0.05, 0) is 18.6 Å². The zero-order chi connectivity index (χ0) is 18.1. The molecule has 5 nitrogen and oxygen atoms in total. The normalized spacial score (nSPS) is 15.2. The van der Waals surface area contributed by atoms with Crippen molar-refractivity contribution in [2.75, 3.05) is 45.0 Å². The summed E-state index contributed by atoms with van der Waals surface area (Å²) in [5.74, 6) is 0.00108. The van der Waals surface area contributed by atoms with Crippen LogP contribution in [0, 0.1) is 5.82 Å². The van der Waals surface area contributed by atoms with E-state index in [-0.39, 0.29) is 23.4 Å². The fourth-order valence-electron chi connectivity index (χ4n) is 2.61. The van der Waals surface area contributed by atoms with Crippen molar-refractivity contribution in [2.45, 2.75) is 24.7 Å². The number of rotatable bonds is 8. The highest BCUT2D eigenvalue weighted by molar-refractivity contribution is 8.00. The molecule has 0 aliphatic carbocycles. The van der Waals surface area contributed by atoms with Crippen LogP contribution in [0.15, 0.2) is 29.2 Å². The molecule has 0 bridgehead atoms. The van der Waals surface area contributed by atoms with Crippen molar-refractivity contribution in [3.63, 3.8) is 0 Å². The molecule has 0 saturated carbocycles. The molecule has 1 heterocycles. The van der Waals surface area contributed by atoms with E-state index in [9.17, 15) is 14.0 Å². The topological polar surface area (TPSA) is 52.7 Å². The third kappa shape index (κ3) is 6.66. The van der Waals surface area contributed by atoms with Crippen molar-refractivity contribution < 1.29 is 14.0 Å². The van der Waals surface area contributed by atoms with Crippen LogP contribution in [0.1, 0.15) is 19.8 Å². The number of unbranched alkanes of at least 4 members (excludes halogenated alkanes) is 1. The molecule has 1 saturated heterocycles. The molecular formula is C18H26FN3O2S. The van der Waals surface area contributed by atoms with Crippen LogP contribution in [0.25, 0.3) is 0 Å². The maximum atomic E-state index is 13.6. The van der Waals surface area contributed by atoms with Gasteiger partial charge >= 0.3 is 0 Å². The minimum absolute atomic E-state index is 0.0142. The first-order valence-corrected chi connectivity index (χ1v) is 9.73. The molecule has 0 aromatic heterocycles. The first kappa shape index (κ1) is 19.7. The Labute approximate surface area is 152 Å². The summed E-state index contributed by atoms with van der Waals surface area (Å²) >= 11 is 1.23. The van der Waals surface area contributed by atoms with Crippen LogP contribution in [0.5, 0.6) is 0 Å². The Bertz CT molecular complexity index is 577. The molecule has 0 unspecified atom stereocenters. The van der Waals surface area contributed by atoms with Crippen molar-refractivity contribution in [1.29, 1.82) is 0 Å². The van der Waals surface area contributed by atoms with Crippen LogP contribution in [-0.2, 0) is 9.59 Å². The van der Waals surface area contributed by atoms with E-state index in [0.29, 0.717) is 37.6 Å². The van der Waals surface area contributed by atoms with E-state index < -0.39 is 0 Å². The number of piperazine rings is 1. The van der Waals surface area contributed by atoms with E-state index in [2.05, 4.69) is 17.1 Å². The van der Waals surface area contributed by atoms with E-state index in [4.69, 9.17) is 0 Å². The van der Waals surface area contributed by atoms with Gasteiger partial charge in [0.1, 0.15) is 5.82 Å². The average molecular weight is 367 g/mol. The lowest BCUT2D eigenvalue weighted by Gasteiger charge is -2.34. The third-order valence-corrected chi connectivity index (χ3v) is 5.17. The highest BCUT2D eigenvalue weighted by Gasteiger charge is 2.22. The summed E-state index contributed by atoms with van der Waals surface area (Å²) in [6.07, 6.45) is 2.06. The summed E-state index contributed by atoms with van der Waals surface area (Å²) < 4.78 is 13.6. The van der Waals surface area contributed by atoms with Gasteiger partial charge in [0.05, 0.1) is 12.3 Å². The van der Waals surface area contributed by atoms with Gasteiger partial charge in [0.25, 0.3) is 0 Å². The van der Waals surface area contributed by atoms with Crippen molar-refractivity contribution >= 4 is 23.6 Å². The molecule has 0 spiro atoms. The number of benzene rings is 1. The summed E-state index contributed by atoms with van der Waals surface area (Å²) in [4.78, 5) is 28.4. The van der Waals surface area contributed by atoms with E-state index in [0.717, 1.165) is 19.4 Å². The summed E-state index contributed by atoms with van der Waals surface area (Å²) in [5.41, 5.74) is 0. The molecule has 1 aliphatic rings. The van der Waals surface area contributed by atoms with Crippen LogP contribution in [0.3, 0.4) is 0 Å². The van der Waals surface area contributed by atoms with Crippen LogP contribution >= 0.6 is 11.8 Å². The summed E-state index contributed by atoms with van der Waals surface area (Å²) in [7, 11) is 0. The van der Waals surface area contributed by atoms with Crippen LogP contribution < -0.4 is 5.32 Å². The zero-order valence-corrected chi connectivity index (χ0v) is 15.5. The number of nitrogens with zero attached hydrogens (tertiary/aromatic N) is 2. The van der Waals surface area contributed by atoms with Crippen LogP contribution in [-0.4, -0.2) is 66.6 Å². The maximum absolute atomic E-state index is 13.6. The van der Waals surface area contributed by atoms with Crippen molar-refractivity contribution in [2.24, 2.45) is 0 Å². The predicted octanol–water partition coefficient (Wildman–Crippen LogP) is 1.98. The lowest BCUT2D eigenvalue weighted by molar-refractivity contribution is -0.130. The lowest BCUT2D eigenvalue weighted by atomic mass is 10.3. The molecule has 0 atom stereocenters. The van der Waals surface area contributed by atoms with Gasteiger partial charge < -0.3 is 10.2 Å². The molecule has 1 fully saturated rings. The second kappa shape index (κ2) is 10.4. The zero-order valence-electron chi connectivity index (χ0n) is 14.7. The fourth-order valence-corrected chi connectivity index (χ4v) is 3.45. The smallest absolute Gasteiger partial charge is 0.234 e. The van der Waals surface area contributed by atoms with Crippen LogP contribution in [0.2, 0.25) is 0 Å². The molecule has 1 aromatic carbocycles. The summed E-state index contributed by atoms with van der Waals surface area (Å²) in [5, 5.41) is 2.91. The monoisotopic (exact) mass is 367 g/mol. The van der Waals surface area contributed by atoms with E-state index in [1.165, 1.54) is 17.8 Å². The molecule has 1 N–H and O–H groups in total. The second-order valence-corrected chi connectivity index (χ2v) is 7.10. The van der Waals surface area contributed by atoms with Crippen molar-refractivity contribution in [3.05, 3.63) is 30.1 Å². The summed E-state index contributed by atoms with van der Waals surface area (Å²) in [6.45, 7) is 5.80. The lowest BCUT2D eigenvalue weighted by Crippen LogP contribution is -2.51. The first-order valence-electron chi connectivity index (χ1n) is 8.74. The van der Waals surface area contributed by atoms with Crippen molar-refractivity contribution in [1.82, 2.24) is 15.1 Å². The number of carbonyl (C=O) groups excluding carboxylic acids is 2. The number of thioether (sulfide) groups is 1. The number of amides is 2. The van der Waals surface area contributed by atoms with Gasteiger partial charge in [0.15, 0.2) is 0 Å². The van der Waals surface area contributed by atoms with Gasteiger partial charge in [0.2, 0.25) is 11.8 Å². The van der Waals surface area contributed by atoms with Crippen molar-refractivity contribution in [3.8, 4) is 0 Å². The van der Waals surface area contributed by atoms with Gasteiger partial charge in [-0.15, -0.1) is 11.8 Å². The Morgan fingerprint density at radius 3 is 2.60 bits per heavy atom. The highest BCUT2D eigenvalue weighted by Crippen LogP contribution is 2.21. The van der Waals surface area contributed by atoms with E-state index >= 15 is 0 Å². The van der Waals surface area contributed by atoms with Crippen LogP contribution in [0.4, 0.5) is 4.39 Å². The Morgan fingerprint density at radius 1 is 1.20 bits per heavy atom. The predicted molar refractivity (Wildman–Crippen MR) is 98.1 cm³/mol. The third-order valence-electron chi connectivity index (χ3n) is 4.13. The number of carbonyl (C=O) groups is 2. The molecule has 1 aliphatic heterocycles. The highest BCUT2D eigenvalue weighted by atomic mass is 32.2. The minimum Gasteiger partial charge on any atom is -0.355 e. The van der Waals surface area contributed by atoms with Gasteiger partial charge in [0, 0.05) is 37.6 Å². The molecule has 2 amide bonds. The fraction of sp³-hybridized carbons (Fsp3) is 0.556. The molecular weight excluding hydrogens is 341 g/mol. The van der Waals surface area contributed by atoms with E-state index in [1.54, 1.807) is 23.1 Å². The SMILES string of the molecule is CCCCNC(=O)CN1CCN(C(=O)CSc2ccccc2F)CC1. The van der Waals surface area contributed by atoms with Gasteiger partial charge in [-0.1, -0.05) is 25.5 Å². The van der Waals surface area contributed by atoms with Gasteiger partial charge in [-0.2, -0.15) is 0 Å². The molecule has 138 valence electrons.